The van der Waals surface area contributed by atoms with Crippen LogP contribution in [-0.2, 0) is 16.0 Å². The predicted molar refractivity (Wildman–Crippen MR) is 63.1 cm³/mol. The normalized spacial score (nSPS) is 21.2. The quantitative estimate of drug-likeness (QED) is 0.729. The van der Waals surface area contributed by atoms with E-state index in [0.717, 1.165) is 25.7 Å². The van der Waals surface area contributed by atoms with Gasteiger partial charge in [-0.3, -0.25) is 4.79 Å². The van der Waals surface area contributed by atoms with Crippen LogP contribution in [0.4, 0.5) is 0 Å². The second-order valence-corrected chi connectivity index (χ2v) is 4.46. The van der Waals surface area contributed by atoms with Gasteiger partial charge in [0, 0.05) is 6.42 Å². The van der Waals surface area contributed by atoms with E-state index in [1.165, 1.54) is 5.56 Å². The second-order valence-electron chi connectivity index (χ2n) is 4.46. The standard InChI is InChI=1S/C14H18O2/c15-14-11-13(7-4-10-16-14)9-8-12-5-2-1-3-6-12/h1-3,5-6,13H,4,7-11H2/t13-/m1/s1. The molecule has 0 unspecified atom stereocenters. The third-order valence-electron chi connectivity index (χ3n) is 3.16. The number of carbonyl (C=O) groups excluding carboxylic acids is 1. The molecule has 1 heterocycles. The van der Waals surface area contributed by atoms with Crippen LogP contribution in [0.2, 0.25) is 0 Å². The molecule has 0 aliphatic carbocycles. The van der Waals surface area contributed by atoms with Crippen LogP contribution in [-0.4, -0.2) is 12.6 Å². The van der Waals surface area contributed by atoms with Crippen LogP contribution in [0.3, 0.4) is 0 Å². The number of carbonyl (C=O) groups is 1. The Morgan fingerprint density at radius 1 is 1.25 bits per heavy atom. The van der Waals surface area contributed by atoms with Crippen LogP contribution in [0, 0.1) is 5.92 Å². The van der Waals surface area contributed by atoms with Crippen LogP contribution in [0.15, 0.2) is 30.3 Å². The van der Waals surface area contributed by atoms with Gasteiger partial charge in [0.1, 0.15) is 0 Å². The van der Waals surface area contributed by atoms with Gasteiger partial charge in [0.25, 0.3) is 0 Å². The molecule has 1 aliphatic rings. The molecule has 0 spiro atoms. The topological polar surface area (TPSA) is 26.3 Å². The van der Waals surface area contributed by atoms with Gasteiger partial charge in [-0.2, -0.15) is 0 Å². The molecule has 1 aromatic rings. The first-order valence-electron chi connectivity index (χ1n) is 6.04. The maximum atomic E-state index is 11.3. The molecule has 0 aromatic heterocycles. The third-order valence-corrected chi connectivity index (χ3v) is 3.16. The molecular formula is C14H18O2. The summed E-state index contributed by atoms with van der Waals surface area (Å²) in [5, 5.41) is 0. The van der Waals surface area contributed by atoms with Gasteiger partial charge in [0.15, 0.2) is 0 Å². The molecule has 1 aliphatic heterocycles. The maximum absolute atomic E-state index is 11.3. The molecule has 16 heavy (non-hydrogen) atoms. The first kappa shape index (κ1) is 11.2. The Morgan fingerprint density at radius 2 is 2.06 bits per heavy atom. The number of rotatable bonds is 3. The van der Waals surface area contributed by atoms with Gasteiger partial charge in [0.2, 0.25) is 0 Å². The minimum Gasteiger partial charge on any atom is -0.466 e. The summed E-state index contributed by atoms with van der Waals surface area (Å²) in [4.78, 5) is 11.3. The molecule has 0 amide bonds. The van der Waals surface area contributed by atoms with Gasteiger partial charge in [-0.1, -0.05) is 30.3 Å². The van der Waals surface area contributed by atoms with E-state index in [0.29, 0.717) is 18.9 Å². The van der Waals surface area contributed by atoms with Crippen molar-refractivity contribution in [3.8, 4) is 0 Å². The smallest absolute Gasteiger partial charge is 0.306 e. The monoisotopic (exact) mass is 218 g/mol. The molecule has 0 N–H and O–H groups in total. The number of aryl methyl sites for hydroxylation is 1. The van der Waals surface area contributed by atoms with Crippen molar-refractivity contribution < 1.29 is 9.53 Å². The molecular weight excluding hydrogens is 200 g/mol. The highest BCUT2D eigenvalue weighted by molar-refractivity contribution is 5.69. The third kappa shape index (κ3) is 3.37. The summed E-state index contributed by atoms with van der Waals surface area (Å²) in [5.74, 6) is 0.491. The molecule has 1 saturated heterocycles. The minimum atomic E-state index is -0.0180. The van der Waals surface area contributed by atoms with E-state index < -0.39 is 0 Å². The summed E-state index contributed by atoms with van der Waals surface area (Å²) in [6, 6.07) is 10.5. The van der Waals surface area contributed by atoms with Crippen molar-refractivity contribution >= 4 is 5.97 Å². The van der Waals surface area contributed by atoms with Crippen molar-refractivity contribution in [2.24, 2.45) is 5.92 Å². The fourth-order valence-electron chi connectivity index (χ4n) is 2.22. The second kappa shape index (κ2) is 5.69. The van der Waals surface area contributed by atoms with Crippen molar-refractivity contribution in [2.45, 2.75) is 32.1 Å². The predicted octanol–water partition coefficient (Wildman–Crippen LogP) is 2.96. The molecule has 0 radical (unpaired) electrons. The molecule has 1 fully saturated rings. The Labute approximate surface area is 96.6 Å². The number of hydrogen-bond donors (Lipinski definition) is 0. The molecule has 1 atom stereocenters. The number of benzene rings is 1. The number of cyclic esters (lactones) is 1. The van der Waals surface area contributed by atoms with Crippen LogP contribution in [0.1, 0.15) is 31.2 Å². The lowest BCUT2D eigenvalue weighted by molar-refractivity contribution is -0.143. The summed E-state index contributed by atoms with van der Waals surface area (Å²) in [5.41, 5.74) is 1.36. The highest BCUT2D eigenvalue weighted by atomic mass is 16.5. The minimum absolute atomic E-state index is 0.0180. The fraction of sp³-hybridized carbons (Fsp3) is 0.500. The lowest BCUT2D eigenvalue weighted by Crippen LogP contribution is -2.08. The number of ether oxygens (including phenoxy) is 1. The molecule has 2 heteroatoms. The van der Waals surface area contributed by atoms with Crippen LogP contribution in [0.5, 0.6) is 0 Å². The van der Waals surface area contributed by atoms with Crippen LogP contribution < -0.4 is 0 Å². The van der Waals surface area contributed by atoms with Gasteiger partial charge in [-0.25, -0.2) is 0 Å². The van der Waals surface area contributed by atoms with Gasteiger partial charge in [-0.15, -0.1) is 0 Å². The Balaban J connectivity index is 1.83. The highest BCUT2D eigenvalue weighted by Crippen LogP contribution is 2.21. The van der Waals surface area contributed by atoms with Gasteiger partial charge in [0.05, 0.1) is 6.61 Å². The van der Waals surface area contributed by atoms with Crippen molar-refractivity contribution in [1.82, 2.24) is 0 Å². The van der Waals surface area contributed by atoms with Gasteiger partial charge in [-0.05, 0) is 37.2 Å². The van der Waals surface area contributed by atoms with Crippen molar-refractivity contribution in [1.29, 1.82) is 0 Å². The molecule has 86 valence electrons. The summed E-state index contributed by atoms with van der Waals surface area (Å²) >= 11 is 0. The van der Waals surface area contributed by atoms with E-state index in [1.54, 1.807) is 0 Å². The summed E-state index contributed by atoms with van der Waals surface area (Å²) in [6.45, 7) is 0.612. The molecule has 2 rings (SSSR count). The van der Waals surface area contributed by atoms with Crippen LogP contribution >= 0.6 is 0 Å². The zero-order chi connectivity index (χ0) is 11.2. The van der Waals surface area contributed by atoms with Crippen molar-refractivity contribution in [3.05, 3.63) is 35.9 Å². The zero-order valence-corrected chi connectivity index (χ0v) is 9.52. The first-order chi connectivity index (χ1) is 7.84. The Hall–Kier alpha value is -1.31. The number of hydrogen-bond acceptors (Lipinski definition) is 2. The van der Waals surface area contributed by atoms with E-state index in [1.807, 2.05) is 6.07 Å². The summed E-state index contributed by atoms with van der Waals surface area (Å²) in [6.07, 6.45) is 4.91. The summed E-state index contributed by atoms with van der Waals surface area (Å²) < 4.78 is 5.05. The zero-order valence-electron chi connectivity index (χ0n) is 9.52. The van der Waals surface area contributed by atoms with E-state index in [4.69, 9.17) is 4.74 Å². The maximum Gasteiger partial charge on any atom is 0.306 e. The van der Waals surface area contributed by atoms with Crippen molar-refractivity contribution in [2.75, 3.05) is 6.61 Å². The molecule has 2 nitrogen and oxygen atoms in total. The Bertz CT molecular complexity index is 332. The SMILES string of the molecule is O=C1C[C@@H](CCc2ccccc2)CCCO1. The highest BCUT2D eigenvalue weighted by Gasteiger charge is 2.18. The molecule has 0 bridgehead atoms. The van der Waals surface area contributed by atoms with Gasteiger partial charge >= 0.3 is 5.97 Å². The number of esters is 1. The molecule has 0 saturated carbocycles. The van der Waals surface area contributed by atoms with E-state index >= 15 is 0 Å². The van der Waals surface area contributed by atoms with E-state index in [2.05, 4.69) is 24.3 Å². The lowest BCUT2D eigenvalue weighted by Gasteiger charge is -2.11. The van der Waals surface area contributed by atoms with E-state index in [9.17, 15) is 4.79 Å². The fourth-order valence-corrected chi connectivity index (χ4v) is 2.22. The first-order valence-corrected chi connectivity index (χ1v) is 6.04. The van der Waals surface area contributed by atoms with Gasteiger partial charge < -0.3 is 4.74 Å². The largest absolute Gasteiger partial charge is 0.466 e. The van der Waals surface area contributed by atoms with Crippen molar-refractivity contribution in [3.63, 3.8) is 0 Å². The average molecular weight is 218 g/mol. The lowest BCUT2D eigenvalue weighted by atomic mass is 9.93. The van der Waals surface area contributed by atoms with Crippen LogP contribution in [0.25, 0.3) is 0 Å². The Kier molecular flexibility index (Phi) is 3.97. The Morgan fingerprint density at radius 3 is 2.88 bits per heavy atom. The van der Waals surface area contributed by atoms with E-state index in [-0.39, 0.29) is 5.97 Å². The average Bonchev–Trinajstić information content (AvgIpc) is 2.52. The molecule has 1 aromatic carbocycles. The summed E-state index contributed by atoms with van der Waals surface area (Å²) in [7, 11) is 0.